The van der Waals surface area contributed by atoms with E-state index in [9.17, 15) is 0 Å². The molecule has 0 aliphatic heterocycles. The van der Waals surface area contributed by atoms with Gasteiger partial charge in [0, 0.05) is 49.6 Å². The maximum Gasteiger partial charge on any atom is 0.143 e. The van der Waals surface area contributed by atoms with E-state index in [0.29, 0.717) is 0 Å². The second kappa shape index (κ2) is 16.9. The zero-order chi connectivity index (χ0) is 45.7. The predicted molar refractivity (Wildman–Crippen MR) is 290 cm³/mol. The third-order valence-corrected chi connectivity index (χ3v) is 13.6. The first kappa shape index (κ1) is 40.1. The molecule has 0 aliphatic carbocycles. The molecule has 3 heteroatoms. The molecule has 0 aliphatic rings. The van der Waals surface area contributed by atoms with Crippen molar-refractivity contribution in [2.24, 2.45) is 0 Å². The second-order valence-corrected chi connectivity index (χ2v) is 17.6. The summed E-state index contributed by atoms with van der Waals surface area (Å²) >= 11 is 0. The van der Waals surface area contributed by atoms with Gasteiger partial charge < -0.3 is 13.9 Å². The molecule has 0 saturated heterocycles. The van der Waals surface area contributed by atoms with E-state index in [1.54, 1.807) is 0 Å². The van der Waals surface area contributed by atoms with Crippen molar-refractivity contribution in [3.8, 4) is 61.3 Å². The van der Waals surface area contributed by atoms with E-state index in [1.165, 1.54) is 38.5 Å². The van der Waals surface area contributed by atoms with Gasteiger partial charge >= 0.3 is 0 Å². The highest BCUT2D eigenvalue weighted by Crippen LogP contribution is 2.44. The Kier molecular flexibility index (Phi) is 9.84. The lowest BCUT2D eigenvalue weighted by Gasteiger charge is -2.28. The smallest absolute Gasteiger partial charge is 0.143 e. The lowest BCUT2D eigenvalue weighted by molar-refractivity contribution is 0.670. The van der Waals surface area contributed by atoms with E-state index in [4.69, 9.17) is 4.42 Å². The molecule has 11 aromatic carbocycles. The molecule has 0 spiro atoms. The molecule has 69 heavy (non-hydrogen) atoms. The highest BCUT2D eigenvalue weighted by molar-refractivity contribution is 6.11. The Morgan fingerprint density at radius 2 is 0.754 bits per heavy atom. The second-order valence-electron chi connectivity index (χ2n) is 17.6. The molecular weight excluding hydrogens is 837 g/mol. The molecule has 0 fully saturated rings. The van der Waals surface area contributed by atoms with Crippen LogP contribution < -0.4 is 4.90 Å². The van der Waals surface area contributed by atoms with Crippen molar-refractivity contribution in [2.45, 2.75) is 0 Å². The highest BCUT2D eigenvalue weighted by Gasteiger charge is 2.20. The standard InChI is InChI=1S/C66H44N2O/c1-2-17-45(18-3-1)48-19-14-21-50(43-48)55-24-5-9-30-61(55)67(52-39-35-46(36-40-52)49-20-15-22-51(44-49)56-28-16-29-60-59-27-8-13-34-65(59)69-66(56)60)53-41-37-47(38-42-53)54-23-4-10-31-62(54)68-63-32-11-6-25-57(63)58-26-7-12-33-64(58)68/h1-44H. The highest BCUT2D eigenvalue weighted by atomic mass is 16.3. The number of aromatic nitrogens is 1. The topological polar surface area (TPSA) is 21.3 Å². The van der Waals surface area contributed by atoms with E-state index in [-0.39, 0.29) is 0 Å². The van der Waals surface area contributed by atoms with Crippen molar-refractivity contribution in [1.29, 1.82) is 0 Å². The van der Waals surface area contributed by atoms with Gasteiger partial charge in [-0.25, -0.2) is 0 Å². The van der Waals surface area contributed by atoms with Crippen molar-refractivity contribution in [3.63, 3.8) is 0 Å². The van der Waals surface area contributed by atoms with Crippen LogP contribution in [0.3, 0.4) is 0 Å². The minimum atomic E-state index is 0.903. The summed E-state index contributed by atoms with van der Waals surface area (Å²) in [4.78, 5) is 2.40. The quantitative estimate of drug-likeness (QED) is 0.144. The molecule has 0 radical (unpaired) electrons. The van der Waals surface area contributed by atoms with Crippen LogP contribution in [0.15, 0.2) is 271 Å². The van der Waals surface area contributed by atoms with Crippen molar-refractivity contribution in [3.05, 3.63) is 267 Å². The third-order valence-electron chi connectivity index (χ3n) is 13.6. The number of nitrogens with zero attached hydrogens (tertiary/aromatic N) is 2. The molecule has 0 amide bonds. The summed E-state index contributed by atoms with van der Waals surface area (Å²) in [5, 5.41) is 4.77. The van der Waals surface area contributed by atoms with Crippen LogP contribution in [-0.4, -0.2) is 4.57 Å². The van der Waals surface area contributed by atoms with Crippen LogP contribution in [0, 0.1) is 0 Å². The van der Waals surface area contributed by atoms with E-state index < -0.39 is 0 Å². The first-order valence-corrected chi connectivity index (χ1v) is 23.6. The van der Waals surface area contributed by atoms with E-state index in [2.05, 4.69) is 264 Å². The van der Waals surface area contributed by atoms with Gasteiger partial charge in [0.1, 0.15) is 11.2 Å². The summed E-state index contributed by atoms with van der Waals surface area (Å²) in [7, 11) is 0. The number of hydrogen-bond donors (Lipinski definition) is 0. The van der Waals surface area contributed by atoms with Crippen LogP contribution in [0.2, 0.25) is 0 Å². The van der Waals surface area contributed by atoms with Gasteiger partial charge in [0.2, 0.25) is 0 Å². The first-order chi connectivity index (χ1) is 34.2. The van der Waals surface area contributed by atoms with E-state index in [1.807, 2.05) is 12.1 Å². The minimum absolute atomic E-state index is 0.903. The number of hydrogen-bond acceptors (Lipinski definition) is 2. The number of furan rings is 1. The lowest BCUT2D eigenvalue weighted by Crippen LogP contribution is -2.11. The maximum absolute atomic E-state index is 6.46. The van der Waals surface area contributed by atoms with E-state index in [0.717, 1.165) is 83.6 Å². The molecule has 2 aromatic heterocycles. The summed E-state index contributed by atoms with van der Waals surface area (Å²) in [6, 6.07) is 96.1. The minimum Gasteiger partial charge on any atom is -0.455 e. The average molecular weight is 881 g/mol. The number of benzene rings is 11. The van der Waals surface area contributed by atoms with Gasteiger partial charge in [0.05, 0.1) is 22.4 Å². The van der Waals surface area contributed by atoms with Crippen molar-refractivity contribution >= 4 is 60.8 Å². The molecule has 0 atom stereocenters. The molecule has 2 heterocycles. The van der Waals surface area contributed by atoms with Crippen LogP contribution in [-0.2, 0) is 0 Å². The third kappa shape index (κ3) is 7.08. The van der Waals surface area contributed by atoms with Gasteiger partial charge in [-0.05, 0) is 106 Å². The fraction of sp³-hybridized carbons (Fsp3) is 0. The zero-order valence-corrected chi connectivity index (χ0v) is 37.7. The number of fused-ring (bicyclic) bond motifs is 6. The summed E-state index contributed by atoms with van der Waals surface area (Å²) in [5.74, 6) is 0. The van der Waals surface area contributed by atoms with Crippen LogP contribution in [0.4, 0.5) is 17.1 Å². The van der Waals surface area contributed by atoms with E-state index >= 15 is 0 Å². The van der Waals surface area contributed by atoms with Crippen LogP contribution in [0.5, 0.6) is 0 Å². The Morgan fingerprint density at radius 3 is 1.45 bits per heavy atom. The number of rotatable bonds is 9. The van der Waals surface area contributed by atoms with Gasteiger partial charge in [0.15, 0.2) is 0 Å². The fourth-order valence-electron chi connectivity index (χ4n) is 10.4. The van der Waals surface area contributed by atoms with Gasteiger partial charge in [-0.15, -0.1) is 0 Å². The molecule has 0 unspecified atom stereocenters. The molecular formula is C66H44N2O. The lowest BCUT2D eigenvalue weighted by atomic mass is 9.96. The largest absolute Gasteiger partial charge is 0.455 e. The SMILES string of the molecule is c1ccc(-c2cccc(-c3ccccc3N(c3ccc(-c4cccc(-c5cccc6c5oc5ccccc56)c4)cc3)c3ccc(-c4ccccc4-n4c5ccccc5c5ccccc54)cc3)c2)cc1. The molecule has 3 nitrogen and oxygen atoms in total. The Hall–Kier alpha value is -9.18. The maximum atomic E-state index is 6.46. The van der Waals surface area contributed by atoms with Crippen LogP contribution in [0.25, 0.3) is 105 Å². The Labute approximate surface area is 401 Å². The summed E-state index contributed by atoms with van der Waals surface area (Å²) < 4.78 is 8.87. The summed E-state index contributed by atoms with van der Waals surface area (Å²) in [6.45, 7) is 0. The van der Waals surface area contributed by atoms with Crippen LogP contribution >= 0.6 is 0 Å². The molecule has 13 rings (SSSR count). The van der Waals surface area contributed by atoms with Crippen molar-refractivity contribution in [2.75, 3.05) is 4.90 Å². The Balaban J connectivity index is 0.915. The number of anilines is 3. The van der Waals surface area contributed by atoms with Gasteiger partial charge in [-0.2, -0.15) is 0 Å². The first-order valence-electron chi connectivity index (χ1n) is 23.6. The summed E-state index contributed by atoms with van der Waals surface area (Å²) in [6.07, 6.45) is 0. The predicted octanol–water partition coefficient (Wildman–Crippen LogP) is 18.5. The van der Waals surface area contributed by atoms with Crippen LogP contribution in [0.1, 0.15) is 0 Å². The van der Waals surface area contributed by atoms with Crippen molar-refractivity contribution in [1.82, 2.24) is 4.57 Å². The molecule has 13 aromatic rings. The summed E-state index contributed by atoms with van der Waals surface area (Å²) in [5.41, 5.74) is 20.1. The normalized spacial score (nSPS) is 11.5. The molecule has 0 N–H and O–H groups in total. The zero-order valence-electron chi connectivity index (χ0n) is 37.7. The molecule has 0 bridgehead atoms. The molecule has 324 valence electrons. The van der Waals surface area contributed by atoms with Crippen molar-refractivity contribution < 1.29 is 4.42 Å². The Morgan fingerprint density at radius 1 is 0.290 bits per heavy atom. The average Bonchev–Trinajstić information content (AvgIpc) is 3.98. The molecule has 0 saturated carbocycles. The Bertz CT molecular complexity index is 3960. The van der Waals surface area contributed by atoms with Gasteiger partial charge in [-0.3, -0.25) is 0 Å². The van der Waals surface area contributed by atoms with Gasteiger partial charge in [-0.1, -0.05) is 200 Å². The number of para-hydroxylation sites is 6. The fourth-order valence-corrected chi connectivity index (χ4v) is 10.4. The monoisotopic (exact) mass is 880 g/mol. The van der Waals surface area contributed by atoms with Gasteiger partial charge in [0.25, 0.3) is 0 Å².